The molecule has 0 radical (unpaired) electrons. The largest absolute Gasteiger partial charge is 0.389 e. The molecule has 0 spiro atoms. The summed E-state index contributed by atoms with van der Waals surface area (Å²) >= 11 is 6.20. The number of aryl methyl sites for hydroxylation is 2. The number of rotatable bonds is 8. The lowest BCUT2D eigenvalue weighted by molar-refractivity contribution is -0.144. The first-order valence-corrected chi connectivity index (χ1v) is 12.6. The number of carbonyl (C=O) groups is 3. The standard InChI is InChI=1S/C27H25ClF3N5O4/c1-13-5-3-8-18-21(13)34-26(39)24(33-22(18)15-6-4-7-16(28)11-15)35-25(38)17(9-10-27(29,30)31)20(23(32)37)19-12-40-36-14(19)2/h3-8,11-12,17,20,24H,9-10H2,1-2H3,(H2,32,37)(H,34,39)(H,35,38)/t17-,20-,24?/m1/s1. The van der Waals surface area contributed by atoms with E-state index in [0.717, 1.165) is 6.26 Å². The summed E-state index contributed by atoms with van der Waals surface area (Å²) in [7, 11) is 0. The van der Waals surface area contributed by atoms with Gasteiger partial charge in [-0.15, -0.1) is 0 Å². The maximum absolute atomic E-state index is 13.6. The molecule has 1 unspecified atom stereocenters. The molecule has 4 rings (SSSR count). The van der Waals surface area contributed by atoms with Gasteiger partial charge in [0.15, 0.2) is 0 Å². The molecular formula is C27H25ClF3N5O4. The van der Waals surface area contributed by atoms with Crippen LogP contribution >= 0.6 is 11.6 Å². The van der Waals surface area contributed by atoms with Crippen molar-refractivity contribution in [2.45, 2.75) is 44.9 Å². The van der Waals surface area contributed by atoms with Crippen molar-refractivity contribution >= 4 is 40.7 Å². The maximum Gasteiger partial charge on any atom is 0.389 e. The Morgan fingerprint density at radius 2 is 1.93 bits per heavy atom. The first-order valence-electron chi connectivity index (χ1n) is 12.2. The number of benzodiazepines with no additional fused rings is 1. The summed E-state index contributed by atoms with van der Waals surface area (Å²) in [5.41, 5.74) is 8.40. The molecule has 2 heterocycles. The number of nitrogens with zero attached hydrogens (tertiary/aromatic N) is 2. The number of nitrogens with one attached hydrogen (secondary N) is 2. The molecule has 0 saturated heterocycles. The van der Waals surface area contributed by atoms with Gasteiger partial charge in [-0.1, -0.05) is 47.1 Å². The van der Waals surface area contributed by atoms with E-state index in [1.165, 1.54) is 6.92 Å². The Kier molecular flexibility index (Phi) is 8.29. The van der Waals surface area contributed by atoms with Gasteiger partial charge < -0.3 is 20.9 Å². The third-order valence-electron chi connectivity index (χ3n) is 6.57. The molecule has 3 amide bonds. The first-order chi connectivity index (χ1) is 18.9. The van der Waals surface area contributed by atoms with Crippen LogP contribution in [0.1, 0.15) is 46.7 Å². The Balaban J connectivity index is 1.76. The summed E-state index contributed by atoms with van der Waals surface area (Å²) < 4.78 is 44.5. The fraction of sp³-hybridized carbons (Fsp3) is 0.296. The molecule has 1 aliphatic heterocycles. The van der Waals surface area contributed by atoms with Crippen LogP contribution < -0.4 is 16.4 Å². The van der Waals surface area contributed by atoms with Crippen molar-refractivity contribution < 1.29 is 32.1 Å². The molecule has 0 bridgehead atoms. The lowest BCUT2D eigenvalue weighted by atomic mass is 9.82. The average Bonchev–Trinajstić information content (AvgIpc) is 3.23. The van der Waals surface area contributed by atoms with E-state index in [0.29, 0.717) is 33.1 Å². The molecular weight excluding hydrogens is 551 g/mol. The number of aromatic nitrogens is 1. The lowest BCUT2D eigenvalue weighted by Crippen LogP contribution is -2.47. The minimum absolute atomic E-state index is 0.0753. The van der Waals surface area contributed by atoms with Gasteiger partial charge in [0, 0.05) is 28.1 Å². The molecule has 2 aromatic carbocycles. The van der Waals surface area contributed by atoms with Gasteiger partial charge in [-0.3, -0.25) is 14.4 Å². The number of hydrogen-bond acceptors (Lipinski definition) is 6. The Morgan fingerprint density at radius 3 is 2.55 bits per heavy atom. The monoisotopic (exact) mass is 575 g/mol. The molecule has 1 aliphatic rings. The molecule has 1 aromatic heterocycles. The molecule has 3 aromatic rings. The van der Waals surface area contributed by atoms with Gasteiger partial charge in [0.2, 0.25) is 18.0 Å². The fourth-order valence-corrected chi connectivity index (χ4v) is 4.81. The van der Waals surface area contributed by atoms with Crippen LogP contribution in [-0.4, -0.2) is 40.9 Å². The third kappa shape index (κ3) is 6.33. The molecule has 4 N–H and O–H groups in total. The number of anilines is 1. The van der Waals surface area contributed by atoms with Gasteiger partial charge in [0.05, 0.1) is 28.9 Å². The van der Waals surface area contributed by atoms with Crippen molar-refractivity contribution in [1.82, 2.24) is 10.5 Å². The second-order valence-corrected chi connectivity index (χ2v) is 9.82. The minimum atomic E-state index is -4.62. The molecule has 13 heteroatoms. The van der Waals surface area contributed by atoms with E-state index in [4.69, 9.17) is 21.9 Å². The highest BCUT2D eigenvalue weighted by Crippen LogP contribution is 2.34. The van der Waals surface area contributed by atoms with E-state index >= 15 is 0 Å². The molecule has 9 nitrogen and oxygen atoms in total. The molecule has 210 valence electrons. The summed E-state index contributed by atoms with van der Waals surface area (Å²) in [5.74, 6) is -5.91. The van der Waals surface area contributed by atoms with Gasteiger partial charge in [-0.25, -0.2) is 4.99 Å². The summed E-state index contributed by atoms with van der Waals surface area (Å²) in [6, 6.07) is 12.0. The quantitative estimate of drug-likeness (QED) is 0.365. The third-order valence-corrected chi connectivity index (χ3v) is 6.80. The van der Waals surface area contributed by atoms with Crippen molar-refractivity contribution in [1.29, 1.82) is 0 Å². The molecule has 0 fully saturated rings. The van der Waals surface area contributed by atoms with Crippen molar-refractivity contribution in [2.75, 3.05) is 5.32 Å². The van der Waals surface area contributed by atoms with Crippen molar-refractivity contribution in [3.05, 3.63) is 81.7 Å². The van der Waals surface area contributed by atoms with E-state index in [2.05, 4.69) is 20.8 Å². The van der Waals surface area contributed by atoms with Crippen LogP contribution in [0.15, 0.2) is 58.2 Å². The number of halogens is 4. The summed E-state index contributed by atoms with van der Waals surface area (Å²) in [6.07, 6.45) is -7.28. The zero-order chi connectivity index (χ0) is 29.2. The maximum atomic E-state index is 13.6. The second-order valence-electron chi connectivity index (χ2n) is 9.38. The van der Waals surface area contributed by atoms with E-state index in [9.17, 15) is 27.6 Å². The Hall–Kier alpha value is -4.19. The minimum Gasteiger partial charge on any atom is -0.369 e. The second kappa shape index (κ2) is 11.5. The Morgan fingerprint density at radius 1 is 1.20 bits per heavy atom. The number of para-hydroxylation sites is 1. The van der Waals surface area contributed by atoms with Crippen LogP contribution in [0.4, 0.5) is 18.9 Å². The Bertz CT molecular complexity index is 1490. The van der Waals surface area contributed by atoms with Crippen molar-refractivity contribution in [3.63, 3.8) is 0 Å². The normalized spacial score (nSPS) is 16.7. The molecule has 3 atom stereocenters. The van der Waals surface area contributed by atoms with Crippen molar-refractivity contribution in [3.8, 4) is 0 Å². The zero-order valence-electron chi connectivity index (χ0n) is 21.4. The van der Waals surface area contributed by atoms with Crippen LogP contribution in [0.5, 0.6) is 0 Å². The number of primary amides is 1. The van der Waals surface area contributed by atoms with E-state index in [1.807, 2.05) is 0 Å². The fourth-order valence-electron chi connectivity index (χ4n) is 4.62. The predicted octanol–water partition coefficient (Wildman–Crippen LogP) is 4.40. The van der Waals surface area contributed by atoms with E-state index in [1.54, 1.807) is 49.4 Å². The average molecular weight is 576 g/mol. The number of amides is 3. The number of nitrogens with two attached hydrogens (primary N) is 1. The molecule has 0 aliphatic carbocycles. The van der Waals surface area contributed by atoms with Crippen molar-refractivity contribution in [2.24, 2.45) is 16.6 Å². The van der Waals surface area contributed by atoms with E-state index < -0.39 is 54.7 Å². The topological polar surface area (TPSA) is 140 Å². The summed E-state index contributed by atoms with van der Waals surface area (Å²) in [6.45, 7) is 3.24. The number of fused-ring (bicyclic) bond motifs is 1. The lowest BCUT2D eigenvalue weighted by Gasteiger charge is -2.25. The SMILES string of the molecule is Cc1cccc2c1NC(=O)C(NC(=O)[C@H](CCC(F)(F)F)[C@@H](C(N)=O)c1conc1C)N=C2c1cccc(Cl)c1. The highest BCUT2D eigenvalue weighted by molar-refractivity contribution is 6.31. The summed E-state index contributed by atoms with van der Waals surface area (Å²) in [5, 5.41) is 9.24. The van der Waals surface area contributed by atoms with Gasteiger partial charge >= 0.3 is 6.18 Å². The van der Waals surface area contributed by atoms with Crippen LogP contribution in [0, 0.1) is 19.8 Å². The van der Waals surface area contributed by atoms with E-state index in [-0.39, 0.29) is 11.3 Å². The Labute approximate surface area is 232 Å². The highest BCUT2D eigenvalue weighted by atomic mass is 35.5. The van der Waals surface area contributed by atoms with Crippen LogP contribution in [0.3, 0.4) is 0 Å². The first kappa shape index (κ1) is 28.8. The number of benzene rings is 2. The molecule has 0 saturated carbocycles. The summed E-state index contributed by atoms with van der Waals surface area (Å²) in [4.78, 5) is 43.8. The van der Waals surface area contributed by atoms with Crippen LogP contribution in [0.25, 0.3) is 0 Å². The zero-order valence-corrected chi connectivity index (χ0v) is 22.1. The van der Waals surface area contributed by atoms with Gasteiger partial charge in [-0.2, -0.15) is 13.2 Å². The number of aliphatic imine (C=N–C) groups is 1. The highest BCUT2D eigenvalue weighted by Gasteiger charge is 2.40. The number of hydrogen-bond donors (Lipinski definition) is 3. The van der Waals surface area contributed by atoms with Crippen LogP contribution in [0.2, 0.25) is 5.02 Å². The predicted molar refractivity (Wildman–Crippen MR) is 141 cm³/mol. The van der Waals surface area contributed by atoms with Gasteiger partial charge in [0.1, 0.15) is 6.26 Å². The number of alkyl halides is 3. The molecule has 40 heavy (non-hydrogen) atoms. The smallest absolute Gasteiger partial charge is 0.369 e. The van der Waals surface area contributed by atoms with Gasteiger partial charge in [-0.05, 0) is 38.0 Å². The van der Waals surface area contributed by atoms with Crippen LogP contribution in [-0.2, 0) is 14.4 Å². The number of carbonyl (C=O) groups excluding carboxylic acids is 3. The van der Waals surface area contributed by atoms with Gasteiger partial charge in [0.25, 0.3) is 5.91 Å².